The molecule has 2 heterocycles. The summed E-state index contributed by atoms with van der Waals surface area (Å²) >= 11 is 1.25. The lowest BCUT2D eigenvalue weighted by atomic mass is 10.4. The number of hydrogen-bond acceptors (Lipinski definition) is 4. The van der Waals surface area contributed by atoms with Crippen LogP contribution < -0.4 is 4.90 Å². The van der Waals surface area contributed by atoms with Gasteiger partial charge in [0.15, 0.2) is 5.13 Å². The second-order valence-electron chi connectivity index (χ2n) is 3.01. The molecule has 13 heavy (non-hydrogen) atoms. The maximum atomic E-state index is 10.6. The maximum absolute atomic E-state index is 10.6. The van der Waals surface area contributed by atoms with Gasteiger partial charge in [-0.05, 0) is 12.8 Å². The summed E-state index contributed by atoms with van der Waals surface area (Å²) in [6.45, 7) is 2.01. The third-order valence-corrected chi connectivity index (χ3v) is 3.13. The van der Waals surface area contributed by atoms with Crippen molar-refractivity contribution in [3.05, 3.63) is 11.1 Å². The van der Waals surface area contributed by atoms with E-state index in [4.69, 9.17) is 5.11 Å². The average molecular weight is 198 g/mol. The Labute approximate surface area is 79.8 Å². The van der Waals surface area contributed by atoms with Crippen molar-refractivity contribution in [2.24, 2.45) is 0 Å². The number of aromatic nitrogens is 1. The largest absolute Gasteiger partial charge is 0.477 e. The van der Waals surface area contributed by atoms with Crippen molar-refractivity contribution in [2.75, 3.05) is 18.0 Å². The van der Waals surface area contributed by atoms with Crippen LogP contribution in [-0.2, 0) is 0 Å². The van der Waals surface area contributed by atoms with Crippen LogP contribution in [0.15, 0.2) is 6.20 Å². The molecule has 0 spiro atoms. The van der Waals surface area contributed by atoms with E-state index in [9.17, 15) is 4.79 Å². The van der Waals surface area contributed by atoms with E-state index in [2.05, 4.69) is 9.88 Å². The van der Waals surface area contributed by atoms with Crippen LogP contribution in [0.4, 0.5) is 5.13 Å². The summed E-state index contributed by atoms with van der Waals surface area (Å²) in [5.41, 5.74) is 0. The lowest BCUT2D eigenvalue weighted by molar-refractivity contribution is 0.0702. The Balaban J connectivity index is 2.16. The van der Waals surface area contributed by atoms with E-state index in [1.807, 2.05) is 0 Å². The Kier molecular flexibility index (Phi) is 2.18. The van der Waals surface area contributed by atoms with E-state index in [1.54, 1.807) is 0 Å². The molecule has 1 saturated heterocycles. The lowest BCUT2D eigenvalue weighted by Crippen LogP contribution is -2.16. The van der Waals surface area contributed by atoms with Crippen molar-refractivity contribution >= 4 is 22.4 Å². The van der Waals surface area contributed by atoms with Crippen molar-refractivity contribution in [2.45, 2.75) is 12.8 Å². The van der Waals surface area contributed by atoms with Crippen molar-refractivity contribution in [3.63, 3.8) is 0 Å². The van der Waals surface area contributed by atoms with Gasteiger partial charge in [-0.15, -0.1) is 0 Å². The molecule has 0 radical (unpaired) electrons. The molecular formula is C8H10N2O2S. The Morgan fingerprint density at radius 2 is 2.23 bits per heavy atom. The van der Waals surface area contributed by atoms with Crippen LogP contribution in [-0.4, -0.2) is 29.1 Å². The standard InChI is InChI=1S/C8H10N2O2S/c11-7(12)6-5-9-8(13-6)10-3-1-2-4-10/h5H,1-4H2,(H,11,12). The molecule has 1 aliphatic rings. The van der Waals surface area contributed by atoms with Gasteiger partial charge in [0.1, 0.15) is 4.88 Å². The van der Waals surface area contributed by atoms with Gasteiger partial charge in [-0.25, -0.2) is 9.78 Å². The van der Waals surface area contributed by atoms with Gasteiger partial charge in [-0.3, -0.25) is 0 Å². The molecule has 0 aliphatic carbocycles. The van der Waals surface area contributed by atoms with Crippen LogP contribution >= 0.6 is 11.3 Å². The van der Waals surface area contributed by atoms with Crippen molar-refractivity contribution < 1.29 is 9.90 Å². The van der Waals surface area contributed by atoms with Crippen molar-refractivity contribution in [3.8, 4) is 0 Å². The minimum atomic E-state index is -0.886. The zero-order valence-electron chi connectivity index (χ0n) is 7.06. The summed E-state index contributed by atoms with van der Waals surface area (Å²) in [6.07, 6.45) is 3.80. The van der Waals surface area contributed by atoms with Gasteiger partial charge < -0.3 is 10.0 Å². The highest BCUT2D eigenvalue weighted by Gasteiger charge is 2.17. The highest BCUT2D eigenvalue weighted by atomic mass is 32.1. The number of anilines is 1. The highest BCUT2D eigenvalue weighted by molar-refractivity contribution is 7.17. The summed E-state index contributed by atoms with van der Waals surface area (Å²) in [6, 6.07) is 0. The van der Waals surface area contributed by atoms with Gasteiger partial charge in [0.05, 0.1) is 6.20 Å². The zero-order valence-corrected chi connectivity index (χ0v) is 7.88. The molecule has 0 atom stereocenters. The number of nitrogens with zero attached hydrogens (tertiary/aromatic N) is 2. The topological polar surface area (TPSA) is 53.4 Å². The molecule has 4 nitrogen and oxygen atoms in total. The molecule has 0 unspecified atom stereocenters. The van der Waals surface area contributed by atoms with Crippen molar-refractivity contribution in [1.29, 1.82) is 0 Å². The van der Waals surface area contributed by atoms with E-state index < -0.39 is 5.97 Å². The summed E-state index contributed by atoms with van der Waals surface area (Å²) in [5, 5.41) is 9.54. The molecular weight excluding hydrogens is 188 g/mol. The summed E-state index contributed by atoms with van der Waals surface area (Å²) in [4.78, 5) is 17.1. The normalized spacial score (nSPS) is 16.5. The third-order valence-electron chi connectivity index (χ3n) is 2.08. The van der Waals surface area contributed by atoms with Crippen LogP contribution in [0.2, 0.25) is 0 Å². The fourth-order valence-corrected chi connectivity index (χ4v) is 2.22. The first-order chi connectivity index (χ1) is 6.27. The predicted molar refractivity (Wildman–Crippen MR) is 50.5 cm³/mol. The highest BCUT2D eigenvalue weighted by Crippen LogP contribution is 2.25. The number of hydrogen-bond donors (Lipinski definition) is 1. The fraction of sp³-hybridized carbons (Fsp3) is 0.500. The number of thiazole rings is 1. The molecule has 1 N–H and O–H groups in total. The van der Waals surface area contributed by atoms with Gasteiger partial charge in [0.2, 0.25) is 0 Å². The number of carboxylic acid groups (broad SMARTS) is 1. The molecule has 1 fully saturated rings. The van der Waals surface area contributed by atoms with Crippen LogP contribution in [0.5, 0.6) is 0 Å². The molecule has 1 aliphatic heterocycles. The minimum Gasteiger partial charge on any atom is -0.477 e. The van der Waals surface area contributed by atoms with Crippen LogP contribution in [0.1, 0.15) is 22.5 Å². The van der Waals surface area contributed by atoms with Crippen molar-refractivity contribution in [1.82, 2.24) is 4.98 Å². The fourth-order valence-electron chi connectivity index (χ4n) is 1.42. The Hall–Kier alpha value is -1.10. The number of aromatic carboxylic acids is 1. The summed E-state index contributed by atoms with van der Waals surface area (Å²) in [5.74, 6) is -0.886. The maximum Gasteiger partial charge on any atom is 0.347 e. The van der Waals surface area contributed by atoms with E-state index in [0.29, 0.717) is 4.88 Å². The molecule has 1 aromatic rings. The number of carboxylic acids is 1. The lowest BCUT2D eigenvalue weighted by Gasteiger charge is -2.11. The second kappa shape index (κ2) is 3.33. The molecule has 70 valence electrons. The SMILES string of the molecule is O=C(O)c1cnc(N2CCCC2)s1. The minimum absolute atomic E-state index is 0.321. The van der Waals surface area contributed by atoms with Crippen LogP contribution in [0, 0.1) is 0 Å². The quantitative estimate of drug-likeness (QED) is 0.781. The molecule has 2 rings (SSSR count). The Bertz CT molecular complexity index is 318. The van der Waals surface area contributed by atoms with Crippen LogP contribution in [0.25, 0.3) is 0 Å². The summed E-state index contributed by atoms with van der Waals surface area (Å²) in [7, 11) is 0. The van der Waals surface area contributed by atoms with Crippen LogP contribution in [0.3, 0.4) is 0 Å². The number of carbonyl (C=O) groups is 1. The Morgan fingerprint density at radius 3 is 2.77 bits per heavy atom. The monoisotopic (exact) mass is 198 g/mol. The van der Waals surface area contributed by atoms with Gasteiger partial charge in [-0.1, -0.05) is 11.3 Å². The first-order valence-electron chi connectivity index (χ1n) is 4.21. The second-order valence-corrected chi connectivity index (χ2v) is 4.02. The molecule has 0 amide bonds. The molecule has 0 bridgehead atoms. The van der Waals surface area contributed by atoms with Gasteiger partial charge in [0.25, 0.3) is 0 Å². The van der Waals surface area contributed by atoms with Gasteiger partial charge >= 0.3 is 5.97 Å². The van der Waals surface area contributed by atoms with E-state index >= 15 is 0 Å². The summed E-state index contributed by atoms with van der Waals surface area (Å²) < 4.78 is 0. The van der Waals surface area contributed by atoms with Gasteiger partial charge in [-0.2, -0.15) is 0 Å². The molecule has 5 heteroatoms. The Morgan fingerprint density at radius 1 is 1.54 bits per heavy atom. The van der Waals surface area contributed by atoms with E-state index in [0.717, 1.165) is 18.2 Å². The number of rotatable bonds is 2. The molecule has 0 aromatic carbocycles. The molecule has 0 saturated carbocycles. The average Bonchev–Trinajstić information content (AvgIpc) is 2.75. The smallest absolute Gasteiger partial charge is 0.347 e. The third kappa shape index (κ3) is 1.65. The van der Waals surface area contributed by atoms with E-state index in [-0.39, 0.29) is 0 Å². The van der Waals surface area contributed by atoms with E-state index in [1.165, 1.54) is 30.4 Å². The van der Waals surface area contributed by atoms with Gasteiger partial charge in [0, 0.05) is 13.1 Å². The zero-order chi connectivity index (χ0) is 9.26. The molecule has 1 aromatic heterocycles. The first-order valence-corrected chi connectivity index (χ1v) is 5.03. The predicted octanol–water partition coefficient (Wildman–Crippen LogP) is 1.44. The first kappa shape index (κ1) is 8.50.